The predicted octanol–water partition coefficient (Wildman–Crippen LogP) is 1.23. The Hall–Kier alpha value is -2.35. The molecule has 23 heavy (non-hydrogen) atoms. The first-order valence-electron chi connectivity index (χ1n) is 7.23. The molecule has 0 saturated heterocycles. The third-order valence-corrected chi connectivity index (χ3v) is 3.26. The first kappa shape index (κ1) is 18.7. The van der Waals surface area contributed by atoms with Gasteiger partial charge < -0.3 is 15.2 Å². The van der Waals surface area contributed by atoms with Crippen LogP contribution in [0, 0.1) is 0 Å². The van der Waals surface area contributed by atoms with Crippen molar-refractivity contribution in [3.8, 4) is 5.75 Å². The van der Waals surface area contributed by atoms with Gasteiger partial charge in [-0.3, -0.25) is 20.4 Å². The van der Waals surface area contributed by atoms with E-state index in [4.69, 9.17) is 12.2 Å². The number of carbonyl (C=O) groups is 2. The van der Waals surface area contributed by atoms with Crippen LogP contribution in [0.4, 0.5) is 0 Å². The summed E-state index contributed by atoms with van der Waals surface area (Å²) in [5, 5.41) is 12.8. The van der Waals surface area contributed by atoms with Crippen LogP contribution in [0.15, 0.2) is 24.3 Å². The summed E-state index contributed by atoms with van der Waals surface area (Å²) >= 11 is 5.02. The zero-order valence-corrected chi connectivity index (χ0v) is 13.7. The third-order valence-electron chi connectivity index (χ3n) is 3.01. The second-order valence-electron chi connectivity index (χ2n) is 4.74. The number of unbranched alkanes of at least 4 members (excludes halogenated alkanes) is 2. The largest absolute Gasteiger partial charge is 0.507 e. The molecule has 8 heteroatoms. The molecule has 1 aromatic rings. The fraction of sp³-hybridized carbons (Fsp3) is 0.400. The van der Waals surface area contributed by atoms with Crippen molar-refractivity contribution in [2.24, 2.45) is 0 Å². The van der Waals surface area contributed by atoms with Gasteiger partial charge in [0.05, 0.1) is 12.7 Å². The normalized spacial score (nSPS) is 9.78. The van der Waals surface area contributed by atoms with E-state index in [1.165, 1.54) is 19.2 Å². The molecule has 0 atom stereocenters. The lowest BCUT2D eigenvalue weighted by Gasteiger charge is -2.12. The van der Waals surface area contributed by atoms with Crippen LogP contribution in [0.3, 0.4) is 0 Å². The number of ether oxygens (including phenoxy) is 1. The van der Waals surface area contributed by atoms with Gasteiger partial charge >= 0.3 is 5.97 Å². The van der Waals surface area contributed by atoms with E-state index in [9.17, 15) is 14.7 Å². The Bertz CT molecular complexity index is 551. The van der Waals surface area contributed by atoms with E-state index in [0.717, 1.165) is 19.3 Å². The molecular formula is C15H21N3O4S. The van der Waals surface area contributed by atoms with Crippen molar-refractivity contribution in [3.05, 3.63) is 29.8 Å². The summed E-state index contributed by atoms with van der Waals surface area (Å²) in [6, 6.07) is 6.22. The van der Waals surface area contributed by atoms with Crippen LogP contribution in [0.5, 0.6) is 5.75 Å². The van der Waals surface area contributed by atoms with Crippen LogP contribution in [0.2, 0.25) is 0 Å². The quantitative estimate of drug-likeness (QED) is 0.257. The fourth-order valence-electron chi connectivity index (χ4n) is 1.77. The summed E-state index contributed by atoms with van der Waals surface area (Å²) in [6.45, 7) is 0.624. The number of methoxy groups -OCH3 is 1. The molecule has 0 heterocycles. The number of para-hydroxylation sites is 1. The minimum atomic E-state index is -0.481. The lowest BCUT2D eigenvalue weighted by molar-refractivity contribution is -0.140. The summed E-state index contributed by atoms with van der Waals surface area (Å²) in [5.41, 5.74) is 5.12. The summed E-state index contributed by atoms with van der Waals surface area (Å²) in [5.74, 6) is -0.788. The number of esters is 1. The van der Waals surface area contributed by atoms with E-state index < -0.39 is 5.91 Å². The highest BCUT2D eigenvalue weighted by molar-refractivity contribution is 7.80. The molecule has 1 rings (SSSR count). The highest BCUT2D eigenvalue weighted by Crippen LogP contribution is 2.14. The maximum absolute atomic E-state index is 11.8. The Balaban J connectivity index is 2.14. The molecule has 4 N–H and O–H groups in total. The number of hydrogen-bond acceptors (Lipinski definition) is 5. The van der Waals surface area contributed by atoms with Crippen LogP contribution in [0.1, 0.15) is 36.0 Å². The van der Waals surface area contributed by atoms with E-state index in [2.05, 4.69) is 20.9 Å². The van der Waals surface area contributed by atoms with Gasteiger partial charge in [-0.15, -0.1) is 0 Å². The Morgan fingerprint density at radius 3 is 2.61 bits per heavy atom. The maximum atomic E-state index is 11.8. The summed E-state index contributed by atoms with van der Waals surface area (Å²) in [6.07, 6.45) is 2.88. The van der Waals surface area contributed by atoms with Crippen molar-refractivity contribution in [3.63, 3.8) is 0 Å². The van der Waals surface area contributed by atoms with Gasteiger partial charge in [0.1, 0.15) is 5.75 Å². The summed E-state index contributed by atoms with van der Waals surface area (Å²) < 4.78 is 4.55. The second kappa shape index (κ2) is 10.4. The Labute approximate surface area is 140 Å². The van der Waals surface area contributed by atoms with Crippen molar-refractivity contribution < 1.29 is 19.4 Å². The van der Waals surface area contributed by atoms with Gasteiger partial charge in [0, 0.05) is 13.0 Å². The van der Waals surface area contributed by atoms with E-state index in [-0.39, 0.29) is 22.4 Å². The van der Waals surface area contributed by atoms with Crippen molar-refractivity contribution in [2.45, 2.75) is 25.7 Å². The van der Waals surface area contributed by atoms with Crippen molar-refractivity contribution in [1.29, 1.82) is 0 Å². The van der Waals surface area contributed by atoms with Gasteiger partial charge in [0.2, 0.25) is 0 Å². The molecule has 0 aromatic heterocycles. The Kier molecular flexibility index (Phi) is 8.45. The van der Waals surface area contributed by atoms with Crippen molar-refractivity contribution >= 4 is 29.2 Å². The fourth-order valence-corrected chi connectivity index (χ4v) is 1.92. The van der Waals surface area contributed by atoms with Gasteiger partial charge in [-0.25, -0.2) is 0 Å². The number of aromatic hydroxyl groups is 1. The number of phenols is 1. The molecule has 0 bridgehead atoms. The lowest BCUT2D eigenvalue weighted by Crippen LogP contribution is -2.47. The van der Waals surface area contributed by atoms with E-state index in [0.29, 0.717) is 13.0 Å². The molecule has 126 valence electrons. The molecule has 0 aliphatic rings. The average Bonchev–Trinajstić information content (AvgIpc) is 2.55. The monoisotopic (exact) mass is 339 g/mol. The number of carbonyl (C=O) groups excluding carboxylic acids is 2. The van der Waals surface area contributed by atoms with Crippen LogP contribution < -0.4 is 16.2 Å². The van der Waals surface area contributed by atoms with Crippen molar-refractivity contribution in [2.75, 3.05) is 13.7 Å². The number of benzene rings is 1. The number of nitrogens with one attached hydrogen (secondary N) is 3. The molecule has 0 aliphatic carbocycles. The molecule has 0 unspecified atom stereocenters. The highest BCUT2D eigenvalue weighted by atomic mass is 32.1. The molecule has 1 aromatic carbocycles. The van der Waals surface area contributed by atoms with Crippen LogP contribution >= 0.6 is 12.2 Å². The first-order chi connectivity index (χ1) is 11.0. The smallest absolute Gasteiger partial charge is 0.305 e. The minimum absolute atomic E-state index is 0.101. The average molecular weight is 339 g/mol. The SMILES string of the molecule is COC(=O)CCCCCNC(=S)NNC(=O)c1ccccc1O. The molecule has 0 radical (unpaired) electrons. The van der Waals surface area contributed by atoms with Crippen molar-refractivity contribution in [1.82, 2.24) is 16.2 Å². The number of amides is 1. The zero-order chi connectivity index (χ0) is 17.1. The standard InChI is InChI=1S/C15H21N3O4S/c1-22-13(20)9-3-2-6-10-16-15(23)18-17-14(21)11-7-4-5-8-12(11)19/h4-5,7-8,19H,2-3,6,9-10H2,1H3,(H,17,21)(H2,16,18,23). The van der Waals surface area contributed by atoms with E-state index in [1.54, 1.807) is 12.1 Å². The number of hydrazine groups is 1. The Morgan fingerprint density at radius 1 is 1.17 bits per heavy atom. The van der Waals surface area contributed by atoms with Gasteiger partial charge in [0.25, 0.3) is 5.91 Å². The lowest BCUT2D eigenvalue weighted by atomic mass is 10.2. The number of hydrogen-bond donors (Lipinski definition) is 4. The van der Waals surface area contributed by atoms with Gasteiger partial charge in [-0.1, -0.05) is 18.6 Å². The molecule has 0 spiro atoms. The topological polar surface area (TPSA) is 99.7 Å². The third kappa shape index (κ3) is 7.46. The van der Waals surface area contributed by atoms with Gasteiger partial charge in [-0.2, -0.15) is 0 Å². The van der Waals surface area contributed by atoms with Crippen LogP contribution in [-0.4, -0.2) is 35.8 Å². The molecule has 0 aliphatic heterocycles. The molecule has 1 amide bonds. The minimum Gasteiger partial charge on any atom is -0.507 e. The molecule has 0 fully saturated rings. The number of phenolic OH excluding ortho intramolecular Hbond substituents is 1. The predicted molar refractivity (Wildman–Crippen MR) is 89.8 cm³/mol. The van der Waals surface area contributed by atoms with E-state index in [1.807, 2.05) is 0 Å². The maximum Gasteiger partial charge on any atom is 0.305 e. The highest BCUT2D eigenvalue weighted by Gasteiger charge is 2.09. The number of rotatable bonds is 7. The summed E-state index contributed by atoms with van der Waals surface area (Å²) in [4.78, 5) is 22.7. The van der Waals surface area contributed by atoms with E-state index >= 15 is 0 Å². The second-order valence-corrected chi connectivity index (χ2v) is 5.15. The number of thiocarbonyl (C=S) groups is 1. The zero-order valence-electron chi connectivity index (χ0n) is 12.9. The van der Waals surface area contributed by atoms with Crippen LogP contribution in [-0.2, 0) is 9.53 Å². The van der Waals surface area contributed by atoms with Gasteiger partial charge in [0.15, 0.2) is 5.11 Å². The van der Waals surface area contributed by atoms with Gasteiger partial charge in [-0.05, 0) is 37.2 Å². The summed E-state index contributed by atoms with van der Waals surface area (Å²) in [7, 11) is 1.37. The van der Waals surface area contributed by atoms with Crippen LogP contribution in [0.25, 0.3) is 0 Å². The molecule has 0 saturated carbocycles. The Morgan fingerprint density at radius 2 is 1.91 bits per heavy atom. The first-order valence-corrected chi connectivity index (χ1v) is 7.64. The molecular weight excluding hydrogens is 318 g/mol. The molecule has 7 nitrogen and oxygen atoms in total.